The monoisotopic (exact) mass is 386 g/mol. The summed E-state index contributed by atoms with van der Waals surface area (Å²) in [6.07, 6.45) is 2.18. The van der Waals surface area contributed by atoms with Crippen LogP contribution in [-0.4, -0.2) is 47.0 Å². The average Bonchev–Trinajstić information content (AvgIpc) is 3.10. The highest BCUT2D eigenvalue weighted by atomic mass is 32.1. The molecular weight excluding hydrogens is 356 g/mol. The third-order valence-corrected chi connectivity index (χ3v) is 5.87. The SMILES string of the molecule is Cc1ccc(-c2csc(NC(=O)C(C)N3CCC(NC(C)C)CC3)n2)cc1. The number of thiazole rings is 1. The molecule has 1 saturated heterocycles. The standard InChI is InChI=1S/C21H30N4OS/c1-14(2)22-18-9-11-25(12-10-18)16(4)20(26)24-21-23-19(13-27-21)17-7-5-15(3)6-8-17/h5-8,13-14,16,18,22H,9-12H2,1-4H3,(H,23,24,26). The number of likely N-dealkylation sites (tertiary alicyclic amines) is 1. The van der Waals surface area contributed by atoms with Gasteiger partial charge in [-0.05, 0) is 26.7 Å². The number of benzene rings is 1. The summed E-state index contributed by atoms with van der Waals surface area (Å²) >= 11 is 1.48. The first-order valence-corrected chi connectivity index (χ1v) is 10.6. The number of nitrogens with zero attached hydrogens (tertiary/aromatic N) is 2. The van der Waals surface area contributed by atoms with E-state index in [-0.39, 0.29) is 11.9 Å². The summed E-state index contributed by atoms with van der Waals surface area (Å²) in [7, 11) is 0. The van der Waals surface area contributed by atoms with Gasteiger partial charge in [-0.2, -0.15) is 0 Å². The highest BCUT2D eigenvalue weighted by molar-refractivity contribution is 7.14. The molecule has 1 aliphatic rings. The lowest BCUT2D eigenvalue weighted by molar-refractivity contribution is -0.121. The molecule has 0 bridgehead atoms. The Labute approximate surface area is 166 Å². The molecule has 2 aromatic rings. The van der Waals surface area contributed by atoms with Crippen molar-refractivity contribution in [2.24, 2.45) is 0 Å². The molecular formula is C21H30N4OS. The zero-order valence-corrected chi connectivity index (χ0v) is 17.5. The smallest absolute Gasteiger partial charge is 0.243 e. The van der Waals surface area contributed by atoms with Crippen LogP contribution in [-0.2, 0) is 4.79 Å². The molecule has 2 heterocycles. The Morgan fingerprint density at radius 3 is 2.48 bits per heavy atom. The summed E-state index contributed by atoms with van der Waals surface area (Å²) in [5, 5.41) is 9.25. The summed E-state index contributed by atoms with van der Waals surface area (Å²) in [4.78, 5) is 19.5. The van der Waals surface area contributed by atoms with Crippen molar-refractivity contribution in [3.05, 3.63) is 35.2 Å². The molecule has 3 rings (SSSR count). The molecule has 2 N–H and O–H groups in total. The first kappa shape index (κ1) is 20.0. The number of carbonyl (C=O) groups excluding carboxylic acids is 1. The first-order chi connectivity index (χ1) is 12.9. The summed E-state index contributed by atoms with van der Waals surface area (Å²) < 4.78 is 0. The Morgan fingerprint density at radius 1 is 1.19 bits per heavy atom. The topological polar surface area (TPSA) is 57.3 Å². The van der Waals surface area contributed by atoms with E-state index in [1.165, 1.54) is 16.9 Å². The van der Waals surface area contributed by atoms with Crippen molar-refractivity contribution in [3.63, 3.8) is 0 Å². The van der Waals surface area contributed by atoms with Crippen LogP contribution in [0.25, 0.3) is 11.3 Å². The lowest BCUT2D eigenvalue weighted by Crippen LogP contribution is -2.50. The maximum absolute atomic E-state index is 12.7. The number of hydrogen-bond donors (Lipinski definition) is 2. The van der Waals surface area contributed by atoms with E-state index in [0.717, 1.165) is 37.2 Å². The molecule has 1 unspecified atom stereocenters. The van der Waals surface area contributed by atoms with Crippen molar-refractivity contribution in [1.29, 1.82) is 0 Å². The van der Waals surface area contributed by atoms with E-state index in [4.69, 9.17) is 0 Å². The van der Waals surface area contributed by atoms with Gasteiger partial charge in [0.25, 0.3) is 0 Å². The van der Waals surface area contributed by atoms with Crippen LogP contribution < -0.4 is 10.6 Å². The van der Waals surface area contributed by atoms with Gasteiger partial charge in [0.15, 0.2) is 5.13 Å². The maximum Gasteiger partial charge on any atom is 0.243 e. The number of nitrogens with one attached hydrogen (secondary N) is 2. The summed E-state index contributed by atoms with van der Waals surface area (Å²) in [5.74, 6) is 0.0232. The summed E-state index contributed by atoms with van der Waals surface area (Å²) in [6, 6.07) is 9.21. The molecule has 0 saturated carbocycles. The van der Waals surface area contributed by atoms with Gasteiger partial charge in [-0.15, -0.1) is 11.3 Å². The molecule has 146 valence electrons. The number of aryl methyl sites for hydroxylation is 1. The largest absolute Gasteiger partial charge is 0.312 e. The Kier molecular flexibility index (Phi) is 6.63. The van der Waals surface area contributed by atoms with Gasteiger partial charge < -0.3 is 10.6 Å². The minimum absolute atomic E-state index is 0.0232. The van der Waals surface area contributed by atoms with Crippen LogP contribution in [0.4, 0.5) is 5.13 Å². The highest BCUT2D eigenvalue weighted by Crippen LogP contribution is 2.25. The van der Waals surface area contributed by atoms with Crippen LogP contribution in [0.3, 0.4) is 0 Å². The fourth-order valence-corrected chi connectivity index (χ4v) is 4.21. The summed E-state index contributed by atoms with van der Waals surface area (Å²) in [5.41, 5.74) is 3.21. The van der Waals surface area contributed by atoms with Gasteiger partial charge in [0.05, 0.1) is 11.7 Å². The Hall–Kier alpha value is -1.76. The number of amides is 1. The van der Waals surface area contributed by atoms with Crippen LogP contribution >= 0.6 is 11.3 Å². The van der Waals surface area contributed by atoms with E-state index in [0.29, 0.717) is 17.2 Å². The molecule has 0 radical (unpaired) electrons. The van der Waals surface area contributed by atoms with Crippen molar-refractivity contribution < 1.29 is 4.79 Å². The zero-order chi connectivity index (χ0) is 19.4. The number of carbonyl (C=O) groups is 1. The molecule has 1 atom stereocenters. The Balaban J connectivity index is 1.54. The van der Waals surface area contributed by atoms with Crippen molar-refractivity contribution in [2.45, 2.75) is 58.7 Å². The van der Waals surface area contributed by atoms with Gasteiger partial charge in [0.2, 0.25) is 5.91 Å². The van der Waals surface area contributed by atoms with E-state index in [1.807, 2.05) is 12.3 Å². The van der Waals surface area contributed by atoms with E-state index < -0.39 is 0 Å². The number of rotatable bonds is 6. The maximum atomic E-state index is 12.7. The molecule has 27 heavy (non-hydrogen) atoms. The molecule has 5 nitrogen and oxygen atoms in total. The lowest BCUT2D eigenvalue weighted by atomic mass is 10.0. The predicted molar refractivity (Wildman–Crippen MR) is 113 cm³/mol. The molecule has 1 aromatic carbocycles. The third kappa shape index (κ3) is 5.37. The van der Waals surface area contributed by atoms with Crippen LogP contribution in [0.2, 0.25) is 0 Å². The quantitative estimate of drug-likeness (QED) is 0.790. The number of piperidine rings is 1. The first-order valence-electron chi connectivity index (χ1n) is 9.76. The fourth-order valence-electron chi connectivity index (χ4n) is 3.49. The Bertz CT molecular complexity index is 748. The second-order valence-corrected chi connectivity index (χ2v) is 8.56. The second kappa shape index (κ2) is 8.95. The van der Waals surface area contributed by atoms with E-state index in [1.54, 1.807) is 0 Å². The molecule has 1 amide bonds. The zero-order valence-electron chi connectivity index (χ0n) is 16.7. The lowest BCUT2D eigenvalue weighted by Gasteiger charge is -2.36. The molecule has 1 aliphatic heterocycles. The number of aromatic nitrogens is 1. The molecule has 1 aromatic heterocycles. The minimum atomic E-state index is -0.142. The van der Waals surface area contributed by atoms with E-state index in [9.17, 15) is 4.79 Å². The van der Waals surface area contributed by atoms with Crippen LogP contribution in [0.5, 0.6) is 0 Å². The fraction of sp³-hybridized carbons (Fsp3) is 0.524. The molecule has 6 heteroatoms. The van der Waals surface area contributed by atoms with Crippen LogP contribution in [0.15, 0.2) is 29.6 Å². The predicted octanol–water partition coefficient (Wildman–Crippen LogP) is 3.91. The van der Waals surface area contributed by atoms with Crippen molar-refractivity contribution in [2.75, 3.05) is 18.4 Å². The van der Waals surface area contributed by atoms with Gasteiger partial charge in [0.1, 0.15) is 0 Å². The summed E-state index contributed by atoms with van der Waals surface area (Å²) in [6.45, 7) is 10.3. The molecule has 0 spiro atoms. The van der Waals surface area contributed by atoms with E-state index >= 15 is 0 Å². The van der Waals surface area contributed by atoms with Gasteiger partial charge in [-0.3, -0.25) is 9.69 Å². The Morgan fingerprint density at radius 2 is 1.85 bits per heavy atom. The van der Waals surface area contributed by atoms with Crippen molar-refractivity contribution >= 4 is 22.4 Å². The average molecular weight is 387 g/mol. The van der Waals surface area contributed by atoms with Crippen LogP contribution in [0.1, 0.15) is 39.2 Å². The molecule has 0 aliphatic carbocycles. The van der Waals surface area contributed by atoms with Crippen molar-refractivity contribution in [3.8, 4) is 11.3 Å². The minimum Gasteiger partial charge on any atom is -0.312 e. The van der Waals surface area contributed by atoms with Gasteiger partial charge in [-0.25, -0.2) is 4.98 Å². The van der Waals surface area contributed by atoms with Gasteiger partial charge in [-0.1, -0.05) is 43.7 Å². The van der Waals surface area contributed by atoms with Crippen molar-refractivity contribution in [1.82, 2.24) is 15.2 Å². The van der Waals surface area contributed by atoms with Gasteiger partial charge in [0, 0.05) is 36.1 Å². The second-order valence-electron chi connectivity index (χ2n) is 7.70. The van der Waals surface area contributed by atoms with E-state index in [2.05, 4.69) is 65.6 Å². The van der Waals surface area contributed by atoms with Gasteiger partial charge >= 0.3 is 0 Å². The highest BCUT2D eigenvalue weighted by Gasteiger charge is 2.27. The number of hydrogen-bond acceptors (Lipinski definition) is 5. The van der Waals surface area contributed by atoms with Crippen LogP contribution in [0, 0.1) is 6.92 Å². The third-order valence-electron chi connectivity index (χ3n) is 5.11. The molecule has 1 fully saturated rings. The normalized spacial score (nSPS) is 17.2. The number of anilines is 1.